The number of methoxy groups -OCH3 is 1. The fraction of sp³-hybridized carbons (Fsp3) is 0.571. The van der Waals surface area contributed by atoms with Crippen molar-refractivity contribution in [1.82, 2.24) is 10.2 Å². The van der Waals surface area contributed by atoms with Gasteiger partial charge in [-0.2, -0.15) is 0 Å². The molecule has 0 aromatic heterocycles. The van der Waals surface area contributed by atoms with E-state index in [2.05, 4.69) is 45.3 Å². The van der Waals surface area contributed by atoms with Crippen molar-refractivity contribution in [3.05, 3.63) is 28.2 Å². The molecule has 0 aliphatic heterocycles. The summed E-state index contributed by atoms with van der Waals surface area (Å²) < 4.78 is 6.25. The SMILES string of the molecule is CNCCCCN(C)Cc1ccc(OC)c(Br)c1. The van der Waals surface area contributed by atoms with Crippen LogP contribution in [-0.2, 0) is 6.54 Å². The minimum atomic E-state index is 0.885. The van der Waals surface area contributed by atoms with Gasteiger partial charge in [-0.25, -0.2) is 0 Å². The van der Waals surface area contributed by atoms with Crippen molar-refractivity contribution in [3.63, 3.8) is 0 Å². The molecule has 0 atom stereocenters. The van der Waals surface area contributed by atoms with E-state index in [-0.39, 0.29) is 0 Å². The molecule has 0 unspecified atom stereocenters. The molecule has 0 radical (unpaired) electrons. The Hall–Kier alpha value is -0.580. The summed E-state index contributed by atoms with van der Waals surface area (Å²) in [6.45, 7) is 3.20. The highest BCUT2D eigenvalue weighted by Gasteiger charge is 2.04. The number of ether oxygens (including phenoxy) is 1. The molecule has 0 amide bonds. The number of hydrogen-bond acceptors (Lipinski definition) is 3. The van der Waals surface area contributed by atoms with Crippen LogP contribution in [0.25, 0.3) is 0 Å². The molecule has 18 heavy (non-hydrogen) atoms. The molecule has 0 bridgehead atoms. The number of nitrogens with one attached hydrogen (secondary N) is 1. The zero-order chi connectivity index (χ0) is 13.4. The molecule has 0 fully saturated rings. The third-order valence-electron chi connectivity index (χ3n) is 2.89. The molecule has 102 valence electrons. The highest BCUT2D eigenvalue weighted by atomic mass is 79.9. The van der Waals surface area contributed by atoms with E-state index >= 15 is 0 Å². The van der Waals surface area contributed by atoms with Crippen LogP contribution in [0, 0.1) is 0 Å². The van der Waals surface area contributed by atoms with E-state index in [1.807, 2.05) is 13.1 Å². The Morgan fingerprint density at radius 1 is 1.33 bits per heavy atom. The predicted molar refractivity (Wildman–Crippen MR) is 80.2 cm³/mol. The molecule has 0 aliphatic carbocycles. The van der Waals surface area contributed by atoms with Crippen molar-refractivity contribution in [2.24, 2.45) is 0 Å². The van der Waals surface area contributed by atoms with Gasteiger partial charge in [-0.1, -0.05) is 6.07 Å². The van der Waals surface area contributed by atoms with Crippen molar-refractivity contribution in [1.29, 1.82) is 0 Å². The minimum Gasteiger partial charge on any atom is -0.496 e. The summed E-state index contributed by atoms with van der Waals surface area (Å²) in [7, 11) is 5.85. The summed E-state index contributed by atoms with van der Waals surface area (Å²) >= 11 is 3.52. The summed E-state index contributed by atoms with van der Waals surface area (Å²) in [6, 6.07) is 6.25. The van der Waals surface area contributed by atoms with Gasteiger partial charge in [0.25, 0.3) is 0 Å². The van der Waals surface area contributed by atoms with Crippen LogP contribution in [0.2, 0.25) is 0 Å². The first-order chi connectivity index (χ1) is 8.67. The van der Waals surface area contributed by atoms with E-state index < -0.39 is 0 Å². The molecule has 1 aromatic rings. The molecule has 3 nitrogen and oxygen atoms in total. The fourth-order valence-electron chi connectivity index (χ4n) is 1.88. The van der Waals surface area contributed by atoms with Gasteiger partial charge in [-0.05, 0) is 73.7 Å². The Labute approximate surface area is 119 Å². The van der Waals surface area contributed by atoms with E-state index in [0.29, 0.717) is 0 Å². The first-order valence-electron chi connectivity index (χ1n) is 6.33. The number of benzene rings is 1. The first kappa shape index (κ1) is 15.5. The van der Waals surface area contributed by atoms with Crippen LogP contribution in [-0.4, -0.2) is 39.2 Å². The summed E-state index contributed by atoms with van der Waals surface area (Å²) in [5.74, 6) is 0.885. The van der Waals surface area contributed by atoms with E-state index in [1.54, 1.807) is 7.11 Å². The second-order valence-electron chi connectivity index (χ2n) is 4.52. The van der Waals surface area contributed by atoms with Crippen LogP contribution in [0.1, 0.15) is 18.4 Å². The van der Waals surface area contributed by atoms with Gasteiger partial charge in [-0.3, -0.25) is 0 Å². The lowest BCUT2D eigenvalue weighted by molar-refractivity contribution is 0.318. The largest absolute Gasteiger partial charge is 0.496 e. The maximum absolute atomic E-state index is 5.23. The molecule has 1 N–H and O–H groups in total. The van der Waals surface area contributed by atoms with E-state index in [1.165, 1.54) is 18.4 Å². The number of nitrogens with zero attached hydrogens (tertiary/aromatic N) is 1. The minimum absolute atomic E-state index is 0.885. The fourth-order valence-corrected chi connectivity index (χ4v) is 2.47. The van der Waals surface area contributed by atoms with Crippen molar-refractivity contribution in [3.8, 4) is 5.75 Å². The Bertz CT molecular complexity index is 358. The molecule has 1 rings (SSSR count). The lowest BCUT2D eigenvalue weighted by atomic mass is 10.2. The molecular formula is C14H23BrN2O. The second-order valence-corrected chi connectivity index (χ2v) is 5.37. The standard InChI is InChI=1S/C14H23BrN2O/c1-16-8-4-5-9-17(2)11-12-6-7-14(18-3)13(15)10-12/h6-7,10,16H,4-5,8-9,11H2,1-3H3. The van der Waals surface area contributed by atoms with Gasteiger partial charge in [0.1, 0.15) is 5.75 Å². The normalized spacial score (nSPS) is 10.9. The monoisotopic (exact) mass is 314 g/mol. The molecule has 4 heteroatoms. The molecule has 0 heterocycles. The van der Waals surface area contributed by atoms with Gasteiger partial charge >= 0.3 is 0 Å². The maximum Gasteiger partial charge on any atom is 0.133 e. The third kappa shape index (κ3) is 5.38. The molecule has 1 aromatic carbocycles. The number of rotatable bonds is 8. The first-order valence-corrected chi connectivity index (χ1v) is 7.12. The van der Waals surface area contributed by atoms with Gasteiger partial charge in [0, 0.05) is 6.54 Å². The van der Waals surface area contributed by atoms with Crippen LogP contribution < -0.4 is 10.1 Å². The average molecular weight is 315 g/mol. The number of unbranched alkanes of at least 4 members (excludes halogenated alkanes) is 1. The molecule has 0 aliphatic rings. The predicted octanol–water partition coefficient (Wildman–Crippen LogP) is 2.89. The van der Waals surface area contributed by atoms with E-state index in [0.717, 1.165) is 29.9 Å². The van der Waals surface area contributed by atoms with Crippen molar-refractivity contribution in [2.45, 2.75) is 19.4 Å². The molecule has 0 saturated heterocycles. The summed E-state index contributed by atoms with van der Waals surface area (Å²) in [5, 5.41) is 3.17. The lowest BCUT2D eigenvalue weighted by Crippen LogP contribution is -2.20. The second kappa shape index (κ2) is 8.51. The summed E-state index contributed by atoms with van der Waals surface area (Å²) in [4.78, 5) is 2.35. The Morgan fingerprint density at radius 2 is 2.11 bits per heavy atom. The highest BCUT2D eigenvalue weighted by Crippen LogP contribution is 2.25. The van der Waals surface area contributed by atoms with Crippen LogP contribution in [0.15, 0.2) is 22.7 Å². The van der Waals surface area contributed by atoms with Crippen LogP contribution >= 0.6 is 15.9 Å². The zero-order valence-electron chi connectivity index (χ0n) is 11.5. The molecule has 0 saturated carbocycles. The highest BCUT2D eigenvalue weighted by molar-refractivity contribution is 9.10. The summed E-state index contributed by atoms with van der Waals surface area (Å²) in [6.07, 6.45) is 2.46. The van der Waals surface area contributed by atoms with Gasteiger partial charge in [-0.15, -0.1) is 0 Å². The van der Waals surface area contributed by atoms with Crippen LogP contribution in [0.4, 0.5) is 0 Å². The number of halogens is 1. The van der Waals surface area contributed by atoms with Crippen molar-refractivity contribution >= 4 is 15.9 Å². The van der Waals surface area contributed by atoms with Gasteiger partial charge in [0.2, 0.25) is 0 Å². The Balaban J connectivity index is 2.39. The van der Waals surface area contributed by atoms with Crippen molar-refractivity contribution < 1.29 is 4.74 Å². The molecular weight excluding hydrogens is 292 g/mol. The maximum atomic E-state index is 5.23. The zero-order valence-corrected chi connectivity index (χ0v) is 13.1. The van der Waals surface area contributed by atoms with E-state index in [9.17, 15) is 0 Å². The Morgan fingerprint density at radius 3 is 2.72 bits per heavy atom. The van der Waals surface area contributed by atoms with Gasteiger partial charge in [0.15, 0.2) is 0 Å². The molecule has 0 spiro atoms. The summed E-state index contributed by atoms with van der Waals surface area (Å²) in [5.41, 5.74) is 1.30. The third-order valence-corrected chi connectivity index (χ3v) is 3.51. The Kier molecular flexibility index (Phi) is 7.32. The van der Waals surface area contributed by atoms with Gasteiger partial charge in [0.05, 0.1) is 11.6 Å². The van der Waals surface area contributed by atoms with Crippen molar-refractivity contribution in [2.75, 3.05) is 34.3 Å². The average Bonchev–Trinajstić information content (AvgIpc) is 2.35. The lowest BCUT2D eigenvalue weighted by Gasteiger charge is -2.17. The quantitative estimate of drug-likeness (QED) is 0.747. The van der Waals surface area contributed by atoms with E-state index in [4.69, 9.17) is 4.74 Å². The van der Waals surface area contributed by atoms with Crippen LogP contribution in [0.3, 0.4) is 0 Å². The number of hydrogen-bond donors (Lipinski definition) is 1. The van der Waals surface area contributed by atoms with Gasteiger partial charge < -0.3 is 15.0 Å². The van der Waals surface area contributed by atoms with Crippen LogP contribution in [0.5, 0.6) is 5.75 Å². The topological polar surface area (TPSA) is 24.5 Å². The smallest absolute Gasteiger partial charge is 0.133 e.